The number of aromatic nitrogens is 4. The number of allylic oxidation sites excluding steroid dienone is 1. The lowest BCUT2D eigenvalue weighted by atomic mass is 9.82. The topological polar surface area (TPSA) is 54.5 Å². The molecular formula is C24H28N4. The van der Waals surface area contributed by atoms with E-state index in [1.54, 1.807) is 0 Å². The second-order valence-corrected chi connectivity index (χ2v) is 9.10. The number of hydrogen-bond acceptors (Lipinski definition) is 3. The predicted molar refractivity (Wildman–Crippen MR) is 115 cm³/mol. The highest BCUT2D eigenvalue weighted by atomic mass is 15.5. The summed E-state index contributed by atoms with van der Waals surface area (Å²) in [7, 11) is 0. The van der Waals surface area contributed by atoms with Crippen molar-refractivity contribution >= 4 is 11.6 Å². The summed E-state index contributed by atoms with van der Waals surface area (Å²) < 4.78 is 0. The molecule has 1 N–H and O–H groups in total. The molecule has 4 rings (SSSR count). The van der Waals surface area contributed by atoms with E-state index in [1.807, 2.05) is 0 Å². The van der Waals surface area contributed by atoms with E-state index in [0.717, 1.165) is 12.0 Å². The van der Waals surface area contributed by atoms with Crippen molar-refractivity contribution < 1.29 is 0 Å². The summed E-state index contributed by atoms with van der Waals surface area (Å²) in [5.74, 6) is 0.690. The van der Waals surface area contributed by atoms with Crippen molar-refractivity contribution in [2.45, 2.75) is 58.3 Å². The summed E-state index contributed by atoms with van der Waals surface area (Å²) >= 11 is 0. The zero-order chi connectivity index (χ0) is 19.9. The first-order valence-corrected chi connectivity index (χ1v) is 10.0. The van der Waals surface area contributed by atoms with Crippen molar-refractivity contribution in [3.05, 3.63) is 64.7 Å². The van der Waals surface area contributed by atoms with Crippen LogP contribution in [0.15, 0.2) is 42.5 Å². The van der Waals surface area contributed by atoms with Crippen LogP contribution in [0.2, 0.25) is 0 Å². The molecule has 1 aliphatic carbocycles. The van der Waals surface area contributed by atoms with Gasteiger partial charge in [0.2, 0.25) is 0 Å². The zero-order valence-electron chi connectivity index (χ0n) is 17.4. The van der Waals surface area contributed by atoms with Crippen LogP contribution in [0.25, 0.3) is 23.0 Å². The van der Waals surface area contributed by atoms with Gasteiger partial charge in [-0.2, -0.15) is 0 Å². The molecule has 4 heteroatoms. The summed E-state index contributed by atoms with van der Waals surface area (Å²) in [6.07, 6.45) is 4.48. The number of benzene rings is 2. The zero-order valence-corrected chi connectivity index (χ0v) is 17.4. The van der Waals surface area contributed by atoms with Crippen molar-refractivity contribution in [1.82, 2.24) is 20.6 Å². The molecule has 0 bridgehead atoms. The number of aromatic amines is 1. The van der Waals surface area contributed by atoms with Gasteiger partial charge in [0.1, 0.15) is 0 Å². The van der Waals surface area contributed by atoms with Crippen LogP contribution in [0.5, 0.6) is 0 Å². The van der Waals surface area contributed by atoms with Crippen LogP contribution in [0.3, 0.4) is 0 Å². The smallest absolute Gasteiger partial charge is 0.179 e. The fourth-order valence-corrected chi connectivity index (χ4v) is 4.80. The fourth-order valence-electron chi connectivity index (χ4n) is 4.80. The normalized spacial score (nSPS) is 17.5. The van der Waals surface area contributed by atoms with Gasteiger partial charge in [0.25, 0.3) is 0 Å². The van der Waals surface area contributed by atoms with Crippen LogP contribution in [-0.2, 0) is 10.8 Å². The second kappa shape index (κ2) is 6.69. The van der Waals surface area contributed by atoms with Gasteiger partial charge < -0.3 is 0 Å². The van der Waals surface area contributed by atoms with E-state index in [1.165, 1.54) is 34.2 Å². The molecule has 4 nitrogen and oxygen atoms in total. The molecule has 1 aromatic heterocycles. The average Bonchev–Trinajstić information content (AvgIpc) is 3.25. The molecule has 0 atom stereocenters. The van der Waals surface area contributed by atoms with Crippen LogP contribution in [-0.4, -0.2) is 20.6 Å². The van der Waals surface area contributed by atoms with Crippen molar-refractivity contribution in [3.63, 3.8) is 0 Å². The standard InChI is InChI=1S/C24H28N4/c1-6-17(13-16-7-9-18(10-8-16)22-25-27-28-26-22)19-11-12-20-21(14-19)24(4,5)15-23(20,2)3/h7-14H,6,15H2,1-5H3,(H,25,26,27,28). The number of hydrogen-bond donors (Lipinski definition) is 1. The molecule has 2 aromatic carbocycles. The third-order valence-electron chi connectivity index (χ3n) is 5.98. The lowest BCUT2D eigenvalue weighted by Gasteiger charge is -2.22. The Kier molecular flexibility index (Phi) is 4.45. The first-order chi connectivity index (χ1) is 13.3. The van der Waals surface area contributed by atoms with E-state index in [0.29, 0.717) is 5.82 Å². The maximum absolute atomic E-state index is 3.97. The predicted octanol–water partition coefficient (Wildman–Crippen LogP) is 5.78. The molecule has 0 fully saturated rings. The minimum Gasteiger partial charge on any atom is -0.239 e. The van der Waals surface area contributed by atoms with E-state index in [2.05, 4.69) is 104 Å². The van der Waals surface area contributed by atoms with Crippen LogP contribution in [0.4, 0.5) is 0 Å². The van der Waals surface area contributed by atoms with Gasteiger partial charge in [-0.15, -0.1) is 5.10 Å². The summed E-state index contributed by atoms with van der Waals surface area (Å²) in [5, 5.41) is 14.0. The van der Waals surface area contributed by atoms with Gasteiger partial charge in [-0.3, -0.25) is 0 Å². The number of rotatable bonds is 4. The van der Waals surface area contributed by atoms with Gasteiger partial charge in [-0.05, 0) is 61.9 Å². The quantitative estimate of drug-likeness (QED) is 0.591. The van der Waals surface area contributed by atoms with Gasteiger partial charge in [0, 0.05) is 5.56 Å². The Morgan fingerprint density at radius 1 is 1.00 bits per heavy atom. The third kappa shape index (κ3) is 3.28. The lowest BCUT2D eigenvalue weighted by molar-refractivity contribution is 0.403. The molecule has 0 spiro atoms. The molecule has 0 unspecified atom stereocenters. The SMILES string of the molecule is CCC(=Cc1ccc(-c2nnn[nH]2)cc1)c1ccc2c(c1)C(C)(C)CC2(C)C. The lowest BCUT2D eigenvalue weighted by Crippen LogP contribution is -2.17. The van der Waals surface area contributed by atoms with Gasteiger partial charge in [-0.25, -0.2) is 5.10 Å². The number of H-pyrrole nitrogens is 1. The summed E-state index contributed by atoms with van der Waals surface area (Å²) in [4.78, 5) is 0. The minimum absolute atomic E-state index is 0.223. The number of nitrogens with zero attached hydrogens (tertiary/aromatic N) is 3. The molecule has 1 aliphatic rings. The molecule has 1 heterocycles. The maximum atomic E-state index is 3.97. The molecule has 0 saturated carbocycles. The molecule has 28 heavy (non-hydrogen) atoms. The van der Waals surface area contributed by atoms with Crippen LogP contribution in [0, 0.1) is 0 Å². The Morgan fingerprint density at radius 2 is 1.71 bits per heavy atom. The number of fused-ring (bicyclic) bond motifs is 1. The average molecular weight is 373 g/mol. The number of tetrazole rings is 1. The Hall–Kier alpha value is -2.75. The Morgan fingerprint density at radius 3 is 2.36 bits per heavy atom. The fraction of sp³-hybridized carbons (Fsp3) is 0.375. The van der Waals surface area contributed by atoms with E-state index in [9.17, 15) is 0 Å². The van der Waals surface area contributed by atoms with Crippen molar-refractivity contribution in [1.29, 1.82) is 0 Å². The van der Waals surface area contributed by atoms with Crippen molar-refractivity contribution in [2.24, 2.45) is 0 Å². The van der Waals surface area contributed by atoms with Crippen molar-refractivity contribution in [2.75, 3.05) is 0 Å². The third-order valence-corrected chi connectivity index (χ3v) is 5.98. The highest BCUT2D eigenvalue weighted by Crippen LogP contribution is 2.49. The van der Waals surface area contributed by atoms with E-state index < -0.39 is 0 Å². The Labute approximate surface area is 167 Å². The summed E-state index contributed by atoms with van der Waals surface area (Å²) in [5.41, 5.74) is 8.34. The highest BCUT2D eigenvalue weighted by molar-refractivity contribution is 5.82. The van der Waals surface area contributed by atoms with E-state index in [4.69, 9.17) is 0 Å². The maximum Gasteiger partial charge on any atom is 0.179 e. The Bertz CT molecular complexity index is 1010. The van der Waals surface area contributed by atoms with E-state index in [-0.39, 0.29) is 10.8 Å². The van der Waals surface area contributed by atoms with E-state index >= 15 is 0 Å². The molecule has 0 amide bonds. The van der Waals surface area contributed by atoms with Crippen LogP contribution in [0.1, 0.15) is 69.7 Å². The molecule has 0 radical (unpaired) electrons. The number of nitrogens with one attached hydrogen (secondary N) is 1. The van der Waals surface area contributed by atoms with Crippen LogP contribution >= 0.6 is 0 Å². The Balaban J connectivity index is 1.68. The monoisotopic (exact) mass is 372 g/mol. The van der Waals surface area contributed by atoms with Gasteiger partial charge in [0.15, 0.2) is 5.82 Å². The summed E-state index contributed by atoms with van der Waals surface area (Å²) in [6.45, 7) is 11.7. The molecule has 0 aliphatic heterocycles. The first kappa shape index (κ1) is 18.6. The van der Waals surface area contributed by atoms with Gasteiger partial charge in [0.05, 0.1) is 0 Å². The molecule has 0 saturated heterocycles. The second-order valence-electron chi connectivity index (χ2n) is 9.10. The highest BCUT2D eigenvalue weighted by Gasteiger charge is 2.41. The van der Waals surface area contributed by atoms with Gasteiger partial charge >= 0.3 is 0 Å². The summed E-state index contributed by atoms with van der Waals surface area (Å²) in [6, 6.07) is 15.4. The first-order valence-electron chi connectivity index (χ1n) is 10.0. The molecular weight excluding hydrogens is 344 g/mol. The van der Waals surface area contributed by atoms with Crippen molar-refractivity contribution in [3.8, 4) is 11.4 Å². The molecule has 144 valence electrons. The largest absolute Gasteiger partial charge is 0.239 e. The van der Waals surface area contributed by atoms with Gasteiger partial charge in [-0.1, -0.05) is 83.2 Å². The van der Waals surface area contributed by atoms with Crippen LogP contribution < -0.4 is 0 Å². The molecule has 3 aromatic rings. The minimum atomic E-state index is 0.223.